The molecule has 4 heteroatoms. The molecule has 1 saturated heterocycles. The molecule has 0 radical (unpaired) electrons. The van der Waals surface area contributed by atoms with E-state index in [4.69, 9.17) is 0 Å². The van der Waals surface area contributed by atoms with Gasteiger partial charge in [0.1, 0.15) is 5.82 Å². The summed E-state index contributed by atoms with van der Waals surface area (Å²) >= 11 is 3.32. The maximum absolute atomic E-state index is 14.2. The van der Waals surface area contributed by atoms with Gasteiger partial charge in [-0.1, -0.05) is 28.9 Å². The van der Waals surface area contributed by atoms with E-state index in [0.717, 1.165) is 42.5 Å². The van der Waals surface area contributed by atoms with Gasteiger partial charge >= 0.3 is 0 Å². The van der Waals surface area contributed by atoms with Gasteiger partial charge in [-0.25, -0.2) is 4.39 Å². The largest absolute Gasteiger partial charge is 0.316 e. The molecule has 2 unspecified atom stereocenters. The molecular formula is C15H22BrFN2. The molecular weight excluding hydrogens is 307 g/mol. The van der Waals surface area contributed by atoms with Gasteiger partial charge < -0.3 is 5.32 Å². The summed E-state index contributed by atoms with van der Waals surface area (Å²) in [5.41, 5.74) is 0.825. The molecule has 2 nitrogen and oxygen atoms in total. The summed E-state index contributed by atoms with van der Waals surface area (Å²) < 4.78 is 15.0. The zero-order valence-corrected chi connectivity index (χ0v) is 13.2. The first-order valence-electron chi connectivity index (χ1n) is 6.99. The lowest BCUT2D eigenvalue weighted by Crippen LogP contribution is -2.29. The number of hydrogen-bond acceptors (Lipinski definition) is 2. The summed E-state index contributed by atoms with van der Waals surface area (Å²) in [5, 5.41) is 3.47. The van der Waals surface area contributed by atoms with Crippen molar-refractivity contribution in [1.29, 1.82) is 0 Å². The SMILES string of the molecule is CCCNCC1CCN(C)C1c1ccc(Br)cc1F. The highest BCUT2D eigenvalue weighted by molar-refractivity contribution is 9.10. The van der Waals surface area contributed by atoms with Gasteiger partial charge in [-0.15, -0.1) is 0 Å². The van der Waals surface area contributed by atoms with Gasteiger partial charge in [0.25, 0.3) is 0 Å². The van der Waals surface area contributed by atoms with Gasteiger partial charge in [-0.2, -0.15) is 0 Å². The van der Waals surface area contributed by atoms with Crippen LogP contribution >= 0.6 is 15.9 Å². The van der Waals surface area contributed by atoms with Crippen molar-refractivity contribution in [3.63, 3.8) is 0 Å². The third-order valence-corrected chi connectivity index (χ3v) is 4.38. The average molecular weight is 329 g/mol. The second kappa shape index (κ2) is 6.82. The van der Waals surface area contributed by atoms with Gasteiger partial charge in [0.05, 0.1) is 0 Å². The Kier molecular flexibility index (Phi) is 5.37. The van der Waals surface area contributed by atoms with E-state index in [1.54, 1.807) is 6.07 Å². The van der Waals surface area contributed by atoms with Gasteiger partial charge in [0.15, 0.2) is 0 Å². The number of likely N-dealkylation sites (tertiary alicyclic amines) is 1. The molecule has 1 heterocycles. The maximum Gasteiger partial charge on any atom is 0.129 e. The lowest BCUT2D eigenvalue weighted by molar-refractivity contribution is 0.265. The summed E-state index contributed by atoms with van der Waals surface area (Å²) in [5.74, 6) is 0.390. The van der Waals surface area contributed by atoms with Crippen LogP contribution in [0.25, 0.3) is 0 Å². The van der Waals surface area contributed by atoms with Crippen LogP contribution in [0, 0.1) is 11.7 Å². The Balaban J connectivity index is 2.14. The van der Waals surface area contributed by atoms with Crippen molar-refractivity contribution >= 4 is 15.9 Å². The highest BCUT2D eigenvalue weighted by Crippen LogP contribution is 2.37. The van der Waals surface area contributed by atoms with Crippen LogP contribution in [0.15, 0.2) is 22.7 Å². The van der Waals surface area contributed by atoms with Crippen LogP contribution in [0.1, 0.15) is 31.4 Å². The van der Waals surface area contributed by atoms with Crippen LogP contribution in [0.2, 0.25) is 0 Å². The highest BCUT2D eigenvalue weighted by Gasteiger charge is 2.34. The van der Waals surface area contributed by atoms with Crippen LogP contribution in [-0.2, 0) is 0 Å². The van der Waals surface area contributed by atoms with Gasteiger partial charge in [-0.3, -0.25) is 4.90 Å². The fourth-order valence-corrected chi connectivity index (χ4v) is 3.27. The first kappa shape index (κ1) is 14.9. The van der Waals surface area contributed by atoms with Crippen LogP contribution in [0.4, 0.5) is 4.39 Å². The van der Waals surface area contributed by atoms with E-state index < -0.39 is 0 Å². The maximum atomic E-state index is 14.2. The number of halogens is 2. The molecule has 0 bridgehead atoms. The quantitative estimate of drug-likeness (QED) is 0.831. The second-order valence-corrected chi connectivity index (χ2v) is 6.26. The minimum atomic E-state index is -0.103. The van der Waals surface area contributed by atoms with Crippen molar-refractivity contribution < 1.29 is 4.39 Å². The first-order chi connectivity index (χ1) is 9.13. The summed E-state index contributed by atoms with van der Waals surface area (Å²) in [7, 11) is 2.09. The normalized spacial score (nSPS) is 24.0. The van der Waals surface area contributed by atoms with Crippen LogP contribution < -0.4 is 5.32 Å². The Labute approximate surface area is 123 Å². The van der Waals surface area contributed by atoms with Gasteiger partial charge in [0.2, 0.25) is 0 Å². The molecule has 1 aromatic carbocycles. The predicted octanol–water partition coefficient (Wildman–Crippen LogP) is 3.58. The molecule has 0 amide bonds. The molecule has 1 aliphatic rings. The number of benzene rings is 1. The number of nitrogens with one attached hydrogen (secondary N) is 1. The number of nitrogens with zero attached hydrogens (tertiary/aromatic N) is 1. The predicted molar refractivity (Wildman–Crippen MR) is 80.7 cm³/mol. The molecule has 1 N–H and O–H groups in total. The summed E-state index contributed by atoms with van der Waals surface area (Å²) in [6.45, 7) is 5.21. The molecule has 1 fully saturated rings. The Morgan fingerprint density at radius 3 is 2.95 bits per heavy atom. The van der Waals surface area contributed by atoms with E-state index in [0.29, 0.717) is 5.92 Å². The molecule has 0 aliphatic carbocycles. The third kappa shape index (κ3) is 3.56. The Morgan fingerprint density at radius 1 is 1.47 bits per heavy atom. The number of hydrogen-bond donors (Lipinski definition) is 1. The van der Waals surface area contributed by atoms with Gasteiger partial charge in [-0.05, 0) is 57.6 Å². The van der Waals surface area contributed by atoms with Crippen molar-refractivity contribution in [3.8, 4) is 0 Å². The van der Waals surface area contributed by atoms with E-state index >= 15 is 0 Å². The molecule has 106 valence electrons. The summed E-state index contributed by atoms with van der Waals surface area (Å²) in [6, 6.07) is 5.61. The standard InChI is InChI=1S/C15H22BrFN2/c1-3-7-18-10-11-6-8-19(2)15(11)13-5-4-12(16)9-14(13)17/h4-5,9,11,15,18H,3,6-8,10H2,1-2H3. The highest BCUT2D eigenvalue weighted by atomic mass is 79.9. The van der Waals surface area contributed by atoms with Crippen molar-refractivity contribution in [2.45, 2.75) is 25.8 Å². The number of rotatable bonds is 5. The minimum absolute atomic E-state index is 0.103. The van der Waals surface area contributed by atoms with Gasteiger partial charge in [0, 0.05) is 16.1 Å². The second-order valence-electron chi connectivity index (χ2n) is 5.34. The van der Waals surface area contributed by atoms with Crippen molar-refractivity contribution in [3.05, 3.63) is 34.1 Å². The molecule has 2 rings (SSSR count). The van der Waals surface area contributed by atoms with E-state index in [-0.39, 0.29) is 11.9 Å². The first-order valence-corrected chi connectivity index (χ1v) is 7.78. The molecule has 1 aromatic rings. The van der Waals surface area contributed by atoms with E-state index in [9.17, 15) is 4.39 Å². The Bertz CT molecular complexity index is 425. The van der Waals surface area contributed by atoms with Crippen molar-refractivity contribution in [2.24, 2.45) is 5.92 Å². The van der Waals surface area contributed by atoms with Crippen LogP contribution in [-0.4, -0.2) is 31.6 Å². The molecule has 2 atom stereocenters. The van der Waals surface area contributed by atoms with E-state index in [1.807, 2.05) is 12.1 Å². The monoisotopic (exact) mass is 328 g/mol. The topological polar surface area (TPSA) is 15.3 Å². The lowest BCUT2D eigenvalue weighted by atomic mass is 9.93. The van der Waals surface area contributed by atoms with E-state index in [1.165, 1.54) is 0 Å². The molecule has 0 saturated carbocycles. The lowest BCUT2D eigenvalue weighted by Gasteiger charge is -2.26. The average Bonchev–Trinajstić information content (AvgIpc) is 2.72. The van der Waals surface area contributed by atoms with Crippen LogP contribution in [0.5, 0.6) is 0 Å². The Morgan fingerprint density at radius 2 is 2.26 bits per heavy atom. The fourth-order valence-electron chi connectivity index (χ4n) is 2.94. The molecule has 19 heavy (non-hydrogen) atoms. The summed E-state index contributed by atoms with van der Waals surface area (Å²) in [4.78, 5) is 2.27. The van der Waals surface area contributed by atoms with Crippen molar-refractivity contribution in [2.75, 3.05) is 26.7 Å². The molecule has 0 spiro atoms. The minimum Gasteiger partial charge on any atom is -0.316 e. The van der Waals surface area contributed by atoms with Crippen molar-refractivity contribution in [1.82, 2.24) is 10.2 Å². The van der Waals surface area contributed by atoms with Crippen LogP contribution in [0.3, 0.4) is 0 Å². The zero-order chi connectivity index (χ0) is 13.8. The third-order valence-electron chi connectivity index (χ3n) is 3.89. The Hall–Kier alpha value is -0.450. The molecule has 1 aliphatic heterocycles. The fraction of sp³-hybridized carbons (Fsp3) is 0.600. The molecule has 0 aromatic heterocycles. The summed E-state index contributed by atoms with van der Waals surface area (Å²) in [6.07, 6.45) is 2.27. The van der Waals surface area contributed by atoms with E-state index in [2.05, 4.69) is 40.1 Å². The zero-order valence-electron chi connectivity index (χ0n) is 11.6. The smallest absolute Gasteiger partial charge is 0.129 e.